The summed E-state index contributed by atoms with van der Waals surface area (Å²) >= 11 is 6.19. The maximum atomic E-state index is 13.7. The topological polar surface area (TPSA) is 99.9 Å². The van der Waals surface area contributed by atoms with Crippen molar-refractivity contribution in [2.24, 2.45) is 5.92 Å². The fourth-order valence-electron chi connectivity index (χ4n) is 5.12. The van der Waals surface area contributed by atoms with E-state index in [0.29, 0.717) is 11.6 Å². The van der Waals surface area contributed by atoms with Crippen LogP contribution in [0.4, 0.5) is 11.5 Å². The quantitative estimate of drug-likeness (QED) is 0.510. The highest BCUT2D eigenvalue weighted by Crippen LogP contribution is 2.35. The molecule has 2 fully saturated rings. The zero-order valence-corrected chi connectivity index (χ0v) is 22.3. The van der Waals surface area contributed by atoms with Crippen LogP contribution in [0.1, 0.15) is 60.3 Å². The second kappa shape index (κ2) is 9.55. The Morgan fingerprint density at radius 3 is 2.72 bits per heavy atom. The summed E-state index contributed by atoms with van der Waals surface area (Å²) in [5.74, 6) is 1.44. The number of fused-ring (bicyclic) bond motifs is 1. The molecule has 5 rings (SSSR count). The number of nitrogens with zero attached hydrogens (tertiary/aromatic N) is 5. The molecule has 2 aliphatic heterocycles. The predicted molar refractivity (Wildman–Crippen MR) is 141 cm³/mol. The van der Waals surface area contributed by atoms with Crippen LogP contribution in [0.5, 0.6) is 0 Å². The van der Waals surface area contributed by atoms with Gasteiger partial charge < -0.3 is 9.80 Å². The van der Waals surface area contributed by atoms with Crippen LogP contribution in [0.15, 0.2) is 30.5 Å². The number of aryl methyl sites for hydroxylation is 1. The fraction of sp³-hybridized carbons (Fsp3) is 0.480. The largest absolute Gasteiger partial charge is 0.356 e. The van der Waals surface area contributed by atoms with Gasteiger partial charge in [-0.15, -0.1) is 0 Å². The van der Waals surface area contributed by atoms with Crippen LogP contribution in [0.2, 0.25) is 5.02 Å². The SMILES string of the molecule is CCC1CN(c2nc3cc([C@@H]4CCCCN4C(=O)c4cc(Cl)ccc4NS(C)(=O)=O)nn3cc2C)C1. The maximum Gasteiger partial charge on any atom is 0.256 e. The number of piperidine rings is 1. The predicted octanol–water partition coefficient (Wildman–Crippen LogP) is 4.28. The number of likely N-dealkylation sites (tertiary alicyclic amines) is 1. The molecule has 1 amide bonds. The molecular weight excluding hydrogens is 500 g/mol. The average Bonchev–Trinajstić information content (AvgIpc) is 3.21. The molecule has 0 aliphatic carbocycles. The van der Waals surface area contributed by atoms with E-state index >= 15 is 0 Å². The number of halogens is 1. The summed E-state index contributed by atoms with van der Waals surface area (Å²) in [6, 6.07) is 6.32. The number of aromatic nitrogens is 3. The standard InChI is InChI=1S/C25H31ClN6O3S/c1-4-17-14-30(15-17)24-16(2)13-32-23(27-24)12-21(28-32)22-7-5-6-10-31(22)25(33)19-11-18(26)8-9-20(19)29-36(3,34)35/h8-9,11-13,17,22,29H,4-7,10,14-15H2,1-3H3/t22-/m0/s1. The molecule has 0 radical (unpaired) electrons. The zero-order chi connectivity index (χ0) is 25.6. The van der Waals surface area contributed by atoms with Crippen molar-refractivity contribution in [3.05, 3.63) is 52.3 Å². The Morgan fingerprint density at radius 1 is 1.22 bits per heavy atom. The minimum atomic E-state index is -3.57. The van der Waals surface area contributed by atoms with Gasteiger partial charge in [0.1, 0.15) is 5.82 Å². The molecule has 1 aromatic carbocycles. The Morgan fingerprint density at radius 2 is 2.00 bits per heavy atom. The first kappa shape index (κ1) is 24.8. The van der Waals surface area contributed by atoms with Crippen LogP contribution in [0.3, 0.4) is 0 Å². The Labute approximate surface area is 216 Å². The number of carbonyl (C=O) groups excluding carboxylic acids is 1. The molecule has 2 aromatic heterocycles. The first-order chi connectivity index (χ1) is 17.1. The first-order valence-electron chi connectivity index (χ1n) is 12.3. The highest BCUT2D eigenvalue weighted by Gasteiger charge is 2.33. The molecular formula is C25H31ClN6O3S. The molecule has 0 bridgehead atoms. The number of rotatable bonds is 6. The lowest BCUT2D eigenvalue weighted by molar-refractivity contribution is 0.0607. The highest BCUT2D eigenvalue weighted by molar-refractivity contribution is 7.92. The third-order valence-corrected chi connectivity index (χ3v) is 7.90. The summed E-state index contributed by atoms with van der Waals surface area (Å²) in [5, 5.41) is 5.17. The number of amides is 1. The van der Waals surface area contributed by atoms with Crippen molar-refractivity contribution in [2.45, 2.75) is 45.6 Å². The summed E-state index contributed by atoms with van der Waals surface area (Å²) in [5.41, 5.74) is 3.04. The minimum Gasteiger partial charge on any atom is -0.356 e. The lowest BCUT2D eigenvalue weighted by Crippen LogP contribution is -2.47. The molecule has 36 heavy (non-hydrogen) atoms. The summed E-state index contributed by atoms with van der Waals surface area (Å²) in [6.07, 6.45) is 6.83. The Kier molecular flexibility index (Phi) is 6.59. The normalized spacial score (nSPS) is 18.9. The molecule has 4 heterocycles. The van der Waals surface area contributed by atoms with Gasteiger partial charge >= 0.3 is 0 Å². The van der Waals surface area contributed by atoms with Crippen molar-refractivity contribution in [3.8, 4) is 0 Å². The minimum absolute atomic E-state index is 0.216. The number of anilines is 2. The molecule has 0 spiro atoms. The van der Waals surface area contributed by atoms with Crippen molar-refractivity contribution in [2.75, 3.05) is 35.5 Å². The van der Waals surface area contributed by atoms with Gasteiger partial charge in [-0.1, -0.05) is 18.5 Å². The lowest BCUT2D eigenvalue weighted by atomic mass is 9.97. The van der Waals surface area contributed by atoms with Crippen LogP contribution >= 0.6 is 11.6 Å². The number of hydrogen-bond donors (Lipinski definition) is 1. The molecule has 0 unspecified atom stereocenters. The van der Waals surface area contributed by atoms with E-state index in [4.69, 9.17) is 21.7 Å². The molecule has 9 nitrogen and oxygen atoms in total. The van der Waals surface area contributed by atoms with E-state index in [-0.39, 0.29) is 23.2 Å². The molecule has 192 valence electrons. The first-order valence-corrected chi connectivity index (χ1v) is 14.6. The number of sulfonamides is 1. The van der Waals surface area contributed by atoms with E-state index in [2.05, 4.69) is 16.5 Å². The van der Waals surface area contributed by atoms with Crippen molar-refractivity contribution in [1.29, 1.82) is 0 Å². The van der Waals surface area contributed by atoms with E-state index in [1.807, 2.05) is 19.2 Å². The maximum absolute atomic E-state index is 13.7. The van der Waals surface area contributed by atoms with E-state index in [1.165, 1.54) is 18.6 Å². The van der Waals surface area contributed by atoms with Crippen LogP contribution in [-0.4, -0.2) is 59.7 Å². The molecule has 3 aromatic rings. The summed E-state index contributed by atoms with van der Waals surface area (Å²) in [6.45, 7) is 6.86. The van der Waals surface area contributed by atoms with Gasteiger partial charge in [-0.2, -0.15) is 5.10 Å². The number of hydrogen-bond acceptors (Lipinski definition) is 6. The van der Waals surface area contributed by atoms with Crippen LogP contribution in [-0.2, 0) is 10.0 Å². The molecule has 1 N–H and O–H groups in total. The number of nitrogens with one attached hydrogen (secondary N) is 1. The molecule has 0 saturated carbocycles. The van der Waals surface area contributed by atoms with Gasteiger partial charge in [0.2, 0.25) is 10.0 Å². The number of benzene rings is 1. The third kappa shape index (κ3) is 4.88. The Balaban J connectivity index is 1.47. The average molecular weight is 531 g/mol. The Hall–Kier alpha value is -2.85. The molecule has 2 saturated heterocycles. The van der Waals surface area contributed by atoms with Gasteiger partial charge in [0.15, 0.2) is 5.65 Å². The fourth-order valence-corrected chi connectivity index (χ4v) is 5.87. The van der Waals surface area contributed by atoms with E-state index < -0.39 is 10.0 Å². The van der Waals surface area contributed by atoms with Crippen molar-refractivity contribution >= 4 is 44.7 Å². The second-order valence-corrected chi connectivity index (χ2v) is 12.1. The van der Waals surface area contributed by atoms with Crippen LogP contribution in [0.25, 0.3) is 5.65 Å². The summed E-state index contributed by atoms with van der Waals surface area (Å²) < 4.78 is 28.0. The van der Waals surface area contributed by atoms with Gasteiger partial charge in [-0.25, -0.2) is 17.9 Å². The van der Waals surface area contributed by atoms with Crippen LogP contribution in [0, 0.1) is 12.8 Å². The van der Waals surface area contributed by atoms with Crippen molar-refractivity contribution < 1.29 is 13.2 Å². The summed E-state index contributed by atoms with van der Waals surface area (Å²) in [4.78, 5) is 22.7. The highest BCUT2D eigenvalue weighted by atomic mass is 35.5. The monoisotopic (exact) mass is 530 g/mol. The molecule has 1 atom stereocenters. The van der Waals surface area contributed by atoms with Gasteiger partial charge in [0, 0.05) is 42.5 Å². The smallest absolute Gasteiger partial charge is 0.256 e. The molecule has 2 aliphatic rings. The van der Waals surface area contributed by atoms with E-state index in [1.54, 1.807) is 15.5 Å². The van der Waals surface area contributed by atoms with Gasteiger partial charge in [-0.3, -0.25) is 9.52 Å². The van der Waals surface area contributed by atoms with Crippen molar-refractivity contribution in [3.63, 3.8) is 0 Å². The second-order valence-electron chi connectivity index (χ2n) is 9.87. The van der Waals surface area contributed by atoms with E-state index in [0.717, 1.165) is 67.2 Å². The van der Waals surface area contributed by atoms with Gasteiger partial charge in [0.05, 0.1) is 29.2 Å². The number of carbonyl (C=O) groups is 1. The Bertz CT molecular complexity index is 1420. The van der Waals surface area contributed by atoms with Gasteiger partial charge in [-0.05, 0) is 56.7 Å². The summed E-state index contributed by atoms with van der Waals surface area (Å²) in [7, 11) is -3.57. The lowest BCUT2D eigenvalue weighted by Gasteiger charge is -2.40. The van der Waals surface area contributed by atoms with Crippen molar-refractivity contribution in [1.82, 2.24) is 19.5 Å². The zero-order valence-electron chi connectivity index (χ0n) is 20.7. The van der Waals surface area contributed by atoms with E-state index in [9.17, 15) is 13.2 Å². The third-order valence-electron chi connectivity index (χ3n) is 7.07. The molecule has 11 heteroatoms. The van der Waals surface area contributed by atoms with Gasteiger partial charge in [0.25, 0.3) is 5.91 Å². The van der Waals surface area contributed by atoms with Crippen LogP contribution < -0.4 is 9.62 Å².